The van der Waals surface area contributed by atoms with Crippen LogP contribution in [0.1, 0.15) is 5.56 Å². The maximum Gasteiger partial charge on any atom is 0.184 e. The Morgan fingerprint density at radius 1 is 1.27 bits per heavy atom. The average Bonchev–Trinajstić information content (AvgIpc) is 2.14. The van der Waals surface area contributed by atoms with Crippen molar-refractivity contribution in [2.45, 2.75) is 19.6 Å². The summed E-state index contributed by atoms with van der Waals surface area (Å²) in [5.74, 6) is -0.224. The molecule has 1 nitrogen and oxygen atoms in total. The molecule has 0 unspecified atom stereocenters. The monoisotopic (exact) mass is 224 g/mol. The SMILES string of the molecule is C=C(CO[Si](C)(C)C)c1ccc(F)cc1. The maximum absolute atomic E-state index is 12.7. The second-order valence-electron chi connectivity index (χ2n) is 4.51. The quantitative estimate of drug-likeness (QED) is 0.709. The van der Waals surface area contributed by atoms with Gasteiger partial charge in [-0.15, -0.1) is 0 Å². The minimum atomic E-state index is -1.50. The van der Waals surface area contributed by atoms with E-state index in [-0.39, 0.29) is 5.82 Å². The third-order valence-corrected chi connectivity index (χ3v) is 2.94. The van der Waals surface area contributed by atoms with Crippen LogP contribution in [0.25, 0.3) is 5.57 Å². The number of hydrogen-bond acceptors (Lipinski definition) is 1. The zero-order chi connectivity index (χ0) is 11.5. The van der Waals surface area contributed by atoms with Gasteiger partial charge in [-0.1, -0.05) is 18.7 Å². The van der Waals surface area contributed by atoms with Crippen LogP contribution in [0.15, 0.2) is 30.8 Å². The first kappa shape index (κ1) is 12.1. The van der Waals surface area contributed by atoms with E-state index in [2.05, 4.69) is 26.2 Å². The molecule has 0 aliphatic rings. The minimum absolute atomic E-state index is 0.224. The van der Waals surface area contributed by atoms with Gasteiger partial charge in [0.2, 0.25) is 0 Å². The van der Waals surface area contributed by atoms with Crippen molar-refractivity contribution in [2.24, 2.45) is 0 Å². The topological polar surface area (TPSA) is 9.23 Å². The molecular formula is C12H17FOSi. The summed E-state index contributed by atoms with van der Waals surface area (Å²) in [5, 5.41) is 0. The molecule has 0 atom stereocenters. The van der Waals surface area contributed by atoms with Gasteiger partial charge in [0.05, 0.1) is 6.61 Å². The van der Waals surface area contributed by atoms with E-state index in [0.717, 1.165) is 11.1 Å². The molecule has 0 saturated heterocycles. The molecule has 0 heterocycles. The summed E-state index contributed by atoms with van der Waals surface area (Å²) in [6.45, 7) is 10.9. The van der Waals surface area contributed by atoms with E-state index in [1.54, 1.807) is 12.1 Å². The molecule has 0 fully saturated rings. The lowest BCUT2D eigenvalue weighted by molar-refractivity contribution is 0.365. The Balaban J connectivity index is 2.58. The standard InChI is InChI=1S/C12H17FOSi/c1-10(9-14-15(2,3)4)11-5-7-12(13)8-6-11/h5-8H,1,9H2,2-4H3. The van der Waals surface area contributed by atoms with Gasteiger partial charge in [0.15, 0.2) is 8.32 Å². The lowest BCUT2D eigenvalue weighted by Gasteiger charge is -2.18. The van der Waals surface area contributed by atoms with Gasteiger partial charge in [-0.25, -0.2) is 4.39 Å². The van der Waals surface area contributed by atoms with E-state index in [1.165, 1.54) is 12.1 Å². The van der Waals surface area contributed by atoms with Crippen LogP contribution in [0.2, 0.25) is 19.6 Å². The van der Waals surface area contributed by atoms with Crippen LogP contribution < -0.4 is 0 Å². The molecule has 1 rings (SSSR count). The van der Waals surface area contributed by atoms with Gasteiger partial charge in [0, 0.05) is 0 Å². The molecule has 0 bridgehead atoms. The highest BCUT2D eigenvalue weighted by atomic mass is 28.4. The highest BCUT2D eigenvalue weighted by Gasteiger charge is 2.14. The Bertz CT molecular complexity index is 338. The third-order valence-electron chi connectivity index (χ3n) is 1.93. The van der Waals surface area contributed by atoms with Crippen LogP contribution in [0.4, 0.5) is 4.39 Å². The summed E-state index contributed by atoms with van der Waals surface area (Å²) in [7, 11) is -1.50. The summed E-state index contributed by atoms with van der Waals surface area (Å²) in [6.07, 6.45) is 0. The first-order valence-electron chi connectivity index (χ1n) is 4.96. The van der Waals surface area contributed by atoms with Crippen molar-refractivity contribution >= 4 is 13.9 Å². The van der Waals surface area contributed by atoms with Crippen molar-refractivity contribution in [2.75, 3.05) is 6.61 Å². The van der Waals surface area contributed by atoms with Crippen molar-refractivity contribution in [1.29, 1.82) is 0 Å². The molecule has 0 aliphatic carbocycles. The molecule has 0 spiro atoms. The first-order valence-corrected chi connectivity index (χ1v) is 8.37. The van der Waals surface area contributed by atoms with Crippen LogP contribution in [0.5, 0.6) is 0 Å². The zero-order valence-electron chi connectivity index (χ0n) is 9.51. The van der Waals surface area contributed by atoms with Gasteiger partial charge in [-0.3, -0.25) is 0 Å². The summed E-state index contributed by atoms with van der Waals surface area (Å²) >= 11 is 0. The van der Waals surface area contributed by atoms with Gasteiger partial charge in [0.1, 0.15) is 5.82 Å². The Labute approximate surface area is 91.7 Å². The summed E-state index contributed by atoms with van der Waals surface area (Å²) in [5.41, 5.74) is 1.84. The van der Waals surface area contributed by atoms with Gasteiger partial charge < -0.3 is 4.43 Å². The Morgan fingerprint density at radius 2 is 1.80 bits per heavy atom. The van der Waals surface area contributed by atoms with Crippen molar-refractivity contribution in [3.8, 4) is 0 Å². The highest BCUT2D eigenvalue weighted by molar-refractivity contribution is 6.69. The molecule has 15 heavy (non-hydrogen) atoms. The molecule has 82 valence electrons. The van der Waals surface area contributed by atoms with Crippen LogP contribution in [0.3, 0.4) is 0 Å². The molecule has 0 N–H and O–H groups in total. The maximum atomic E-state index is 12.7. The van der Waals surface area contributed by atoms with Crippen molar-refractivity contribution in [1.82, 2.24) is 0 Å². The molecule has 1 aromatic carbocycles. The number of rotatable bonds is 4. The van der Waals surface area contributed by atoms with Crippen LogP contribution in [0, 0.1) is 5.82 Å². The minimum Gasteiger partial charge on any atom is -0.413 e. The first-order chi connectivity index (χ1) is 6.88. The lowest BCUT2D eigenvalue weighted by atomic mass is 10.1. The molecule has 0 amide bonds. The van der Waals surface area contributed by atoms with Gasteiger partial charge >= 0.3 is 0 Å². The van der Waals surface area contributed by atoms with Gasteiger partial charge in [-0.05, 0) is 42.9 Å². The molecule has 0 aromatic heterocycles. The fourth-order valence-corrected chi connectivity index (χ4v) is 1.68. The number of benzene rings is 1. The Morgan fingerprint density at radius 3 is 2.27 bits per heavy atom. The normalized spacial score (nSPS) is 11.5. The van der Waals surface area contributed by atoms with Gasteiger partial charge in [0.25, 0.3) is 0 Å². The molecular weight excluding hydrogens is 207 g/mol. The Hall–Kier alpha value is -0.933. The zero-order valence-corrected chi connectivity index (χ0v) is 10.5. The van der Waals surface area contributed by atoms with Crippen molar-refractivity contribution < 1.29 is 8.82 Å². The molecule has 0 radical (unpaired) electrons. The fourth-order valence-electron chi connectivity index (χ4n) is 1.07. The van der Waals surface area contributed by atoms with Crippen LogP contribution >= 0.6 is 0 Å². The second kappa shape index (κ2) is 4.73. The largest absolute Gasteiger partial charge is 0.413 e. The van der Waals surface area contributed by atoms with E-state index in [9.17, 15) is 4.39 Å². The predicted octanol–water partition coefficient (Wildman–Crippen LogP) is 3.69. The van der Waals surface area contributed by atoms with E-state index < -0.39 is 8.32 Å². The van der Waals surface area contributed by atoms with Crippen molar-refractivity contribution in [3.63, 3.8) is 0 Å². The van der Waals surface area contributed by atoms with Gasteiger partial charge in [-0.2, -0.15) is 0 Å². The van der Waals surface area contributed by atoms with E-state index in [4.69, 9.17) is 4.43 Å². The second-order valence-corrected chi connectivity index (χ2v) is 9.02. The summed E-state index contributed by atoms with van der Waals surface area (Å²) in [4.78, 5) is 0. The molecule has 3 heteroatoms. The molecule has 1 aromatic rings. The number of hydrogen-bond donors (Lipinski definition) is 0. The van der Waals surface area contributed by atoms with Crippen LogP contribution in [-0.4, -0.2) is 14.9 Å². The van der Waals surface area contributed by atoms with E-state index in [1.807, 2.05) is 0 Å². The van der Waals surface area contributed by atoms with E-state index >= 15 is 0 Å². The highest BCUT2D eigenvalue weighted by Crippen LogP contribution is 2.15. The predicted molar refractivity (Wildman–Crippen MR) is 64.7 cm³/mol. The fraction of sp³-hybridized carbons (Fsp3) is 0.333. The molecule has 0 aliphatic heterocycles. The Kier molecular flexibility index (Phi) is 3.82. The summed E-state index contributed by atoms with van der Waals surface area (Å²) < 4.78 is 18.4. The molecule has 0 saturated carbocycles. The lowest BCUT2D eigenvalue weighted by Crippen LogP contribution is -2.26. The smallest absolute Gasteiger partial charge is 0.184 e. The summed E-state index contributed by atoms with van der Waals surface area (Å²) in [6, 6.07) is 6.33. The third kappa shape index (κ3) is 4.40. The number of halogens is 1. The van der Waals surface area contributed by atoms with Crippen molar-refractivity contribution in [3.05, 3.63) is 42.2 Å². The average molecular weight is 224 g/mol. The van der Waals surface area contributed by atoms with E-state index in [0.29, 0.717) is 6.61 Å². The van der Waals surface area contributed by atoms with Crippen LogP contribution in [-0.2, 0) is 4.43 Å².